The van der Waals surface area contributed by atoms with E-state index in [1.54, 1.807) is 0 Å². The van der Waals surface area contributed by atoms with Crippen LogP contribution in [0.2, 0.25) is 0 Å². The van der Waals surface area contributed by atoms with Crippen molar-refractivity contribution in [3.8, 4) is 0 Å². The topological polar surface area (TPSA) is 46.5 Å². The molecule has 0 amide bonds. The molecule has 0 aliphatic heterocycles. The van der Waals surface area contributed by atoms with Crippen LogP contribution in [0.15, 0.2) is 0 Å². The third kappa shape index (κ3) is 3.99. The van der Waals surface area contributed by atoms with Gasteiger partial charge in [0.15, 0.2) is 0 Å². The van der Waals surface area contributed by atoms with Gasteiger partial charge < -0.3 is 9.84 Å². The highest BCUT2D eigenvalue weighted by Gasteiger charge is 2.52. The summed E-state index contributed by atoms with van der Waals surface area (Å²) in [6, 6.07) is 0. The maximum Gasteiger partial charge on any atom is 0.136 e. The largest absolute Gasteiger partial charge is 0.390 e. The lowest BCUT2D eigenvalue weighted by molar-refractivity contribution is -0.131. The normalized spacial score (nSPS) is 32.8. The molecular weight excluding hydrogens is 288 g/mol. The summed E-state index contributed by atoms with van der Waals surface area (Å²) in [5.74, 6) is 1.27. The fourth-order valence-electron chi connectivity index (χ4n) is 5.13. The summed E-state index contributed by atoms with van der Waals surface area (Å²) in [5.41, 5.74) is -0.366. The molecule has 2 rings (SSSR count). The molecule has 0 radical (unpaired) electrons. The summed E-state index contributed by atoms with van der Waals surface area (Å²) in [6.07, 6.45) is 8.75. The molecule has 3 heteroatoms. The first kappa shape index (κ1) is 18.9. The number of hydrogen-bond acceptors (Lipinski definition) is 3. The molecule has 0 aromatic rings. The zero-order chi connectivity index (χ0) is 17.1. The van der Waals surface area contributed by atoms with Gasteiger partial charge in [-0.15, -0.1) is 0 Å². The summed E-state index contributed by atoms with van der Waals surface area (Å²) in [4.78, 5) is 12.2. The van der Waals surface area contributed by atoms with Crippen LogP contribution in [-0.4, -0.2) is 29.2 Å². The maximum atomic E-state index is 12.2. The Balaban J connectivity index is 1.82. The molecule has 1 unspecified atom stereocenters. The van der Waals surface area contributed by atoms with E-state index in [0.717, 1.165) is 51.4 Å². The van der Waals surface area contributed by atoms with E-state index in [0.29, 0.717) is 18.3 Å². The van der Waals surface area contributed by atoms with Crippen LogP contribution >= 0.6 is 0 Å². The van der Waals surface area contributed by atoms with Gasteiger partial charge in [-0.25, -0.2) is 0 Å². The van der Waals surface area contributed by atoms with Crippen LogP contribution in [0.5, 0.6) is 0 Å². The van der Waals surface area contributed by atoms with Gasteiger partial charge in [0, 0.05) is 18.9 Å². The highest BCUT2D eigenvalue weighted by molar-refractivity contribution is 5.83. The number of ether oxygens (including phenoxy) is 1. The summed E-state index contributed by atoms with van der Waals surface area (Å²) in [5, 5.41) is 10.3. The van der Waals surface area contributed by atoms with Crippen LogP contribution in [0.25, 0.3) is 0 Å². The molecule has 0 aromatic heterocycles. The number of aliphatic hydroxyl groups is 1. The number of ketones is 1. The van der Waals surface area contributed by atoms with Crippen molar-refractivity contribution in [1.82, 2.24) is 0 Å². The van der Waals surface area contributed by atoms with E-state index in [1.165, 1.54) is 6.42 Å². The molecule has 4 atom stereocenters. The number of carbonyl (C=O) groups excluding carboxylic acids is 1. The summed E-state index contributed by atoms with van der Waals surface area (Å²) >= 11 is 0. The molecule has 0 bridgehead atoms. The van der Waals surface area contributed by atoms with E-state index < -0.39 is 5.60 Å². The van der Waals surface area contributed by atoms with Crippen molar-refractivity contribution in [2.75, 3.05) is 6.61 Å². The molecule has 23 heavy (non-hydrogen) atoms. The van der Waals surface area contributed by atoms with Gasteiger partial charge in [-0.2, -0.15) is 0 Å². The van der Waals surface area contributed by atoms with Gasteiger partial charge in [0.05, 0.1) is 11.7 Å². The number of Topliss-reactive ketones (excluding diaryl/α,β-unsaturated/α-hetero) is 1. The van der Waals surface area contributed by atoms with Gasteiger partial charge >= 0.3 is 0 Å². The Hall–Kier alpha value is -0.410. The minimum Gasteiger partial charge on any atom is -0.390 e. The van der Waals surface area contributed by atoms with Crippen LogP contribution in [0.3, 0.4) is 0 Å². The van der Waals surface area contributed by atoms with E-state index in [2.05, 4.69) is 13.8 Å². The second-order valence-corrected chi connectivity index (χ2v) is 8.17. The summed E-state index contributed by atoms with van der Waals surface area (Å²) in [6.45, 7) is 9.32. The van der Waals surface area contributed by atoms with E-state index in [1.807, 2.05) is 13.8 Å². The Morgan fingerprint density at radius 1 is 1.35 bits per heavy atom. The van der Waals surface area contributed by atoms with Crippen LogP contribution in [-0.2, 0) is 9.53 Å². The molecule has 2 aliphatic rings. The van der Waals surface area contributed by atoms with Crippen molar-refractivity contribution >= 4 is 5.78 Å². The number of hydrogen-bond donors (Lipinski definition) is 1. The highest BCUT2D eigenvalue weighted by atomic mass is 16.5. The average molecular weight is 325 g/mol. The molecule has 134 valence electrons. The highest BCUT2D eigenvalue weighted by Crippen LogP contribution is 2.55. The maximum absolute atomic E-state index is 12.2. The van der Waals surface area contributed by atoms with Crippen LogP contribution < -0.4 is 0 Å². The first-order chi connectivity index (χ1) is 10.9. The predicted octanol–water partition coefficient (Wildman–Crippen LogP) is 4.51. The van der Waals surface area contributed by atoms with E-state index >= 15 is 0 Å². The Morgan fingerprint density at radius 3 is 2.70 bits per heavy atom. The zero-order valence-electron chi connectivity index (χ0n) is 15.6. The smallest absolute Gasteiger partial charge is 0.136 e. The van der Waals surface area contributed by atoms with Gasteiger partial charge in [-0.05, 0) is 69.6 Å². The van der Waals surface area contributed by atoms with Crippen molar-refractivity contribution < 1.29 is 14.6 Å². The predicted molar refractivity (Wildman–Crippen MR) is 93.4 cm³/mol. The lowest BCUT2D eigenvalue weighted by Crippen LogP contribution is -2.41. The third-order valence-electron chi connectivity index (χ3n) is 6.99. The quantitative estimate of drug-likeness (QED) is 0.668. The Labute approximate surface area is 142 Å². The second kappa shape index (κ2) is 7.65. The zero-order valence-corrected chi connectivity index (χ0v) is 15.6. The number of rotatable bonds is 8. The van der Waals surface area contributed by atoms with Gasteiger partial charge in [-0.3, -0.25) is 4.79 Å². The third-order valence-corrected chi connectivity index (χ3v) is 6.99. The molecule has 2 aliphatic carbocycles. The van der Waals surface area contributed by atoms with E-state index in [-0.39, 0.29) is 17.4 Å². The van der Waals surface area contributed by atoms with Gasteiger partial charge in [0.1, 0.15) is 5.78 Å². The molecule has 0 saturated heterocycles. The molecular formula is C20H36O3. The van der Waals surface area contributed by atoms with Gasteiger partial charge in [0.25, 0.3) is 0 Å². The molecule has 0 heterocycles. The first-order valence-electron chi connectivity index (χ1n) is 9.73. The van der Waals surface area contributed by atoms with Crippen molar-refractivity contribution in [2.45, 2.75) is 97.2 Å². The van der Waals surface area contributed by atoms with Gasteiger partial charge in [-0.1, -0.05) is 20.8 Å². The molecule has 2 fully saturated rings. The second-order valence-electron chi connectivity index (χ2n) is 8.17. The van der Waals surface area contributed by atoms with E-state index in [4.69, 9.17) is 4.74 Å². The minimum atomic E-state index is -0.521. The fourth-order valence-corrected chi connectivity index (χ4v) is 5.13. The number of carbonyl (C=O) groups is 1. The lowest BCUT2D eigenvalue weighted by atomic mass is 9.64. The van der Waals surface area contributed by atoms with Crippen LogP contribution in [0.1, 0.15) is 85.5 Å². The molecule has 2 saturated carbocycles. The van der Waals surface area contributed by atoms with Crippen molar-refractivity contribution in [2.24, 2.45) is 17.3 Å². The Bertz CT molecular complexity index is 402. The average Bonchev–Trinajstić information content (AvgIpc) is 2.89. The Morgan fingerprint density at radius 2 is 2.04 bits per heavy atom. The minimum absolute atomic E-state index is 0.155. The van der Waals surface area contributed by atoms with E-state index in [9.17, 15) is 9.90 Å². The van der Waals surface area contributed by atoms with Crippen LogP contribution in [0.4, 0.5) is 0 Å². The van der Waals surface area contributed by atoms with Crippen molar-refractivity contribution in [3.63, 3.8) is 0 Å². The van der Waals surface area contributed by atoms with Crippen LogP contribution in [0, 0.1) is 17.3 Å². The lowest BCUT2D eigenvalue weighted by Gasteiger charge is -2.42. The molecule has 1 N–H and O–H groups in total. The fraction of sp³-hybridized carbons (Fsp3) is 0.950. The monoisotopic (exact) mass is 324 g/mol. The standard InChI is InChI=1S/C20H36O3/c1-5-20(22,6-2)13-8-14-23-15(3)16-10-11-17-18(21)9-7-12-19(16,17)4/h15-17,22H,5-14H2,1-4H3/t15-,16?,17+,19-/m1/s1. The molecule has 0 spiro atoms. The van der Waals surface area contributed by atoms with Gasteiger partial charge in [0.2, 0.25) is 0 Å². The number of fused-ring (bicyclic) bond motifs is 1. The summed E-state index contributed by atoms with van der Waals surface area (Å²) in [7, 11) is 0. The molecule has 0 aromatic carbocycles. The van der Waals surface area contributed by atoms with Crippen molar-refractivity contribution in [1.29, 1.82) is 0 Å². The van der Waals surface area contributed by atoms with Crippen molar-refractivity contribution in [3.05, 3.63) is 0 Å². The Kier molecular flexibility index (Phi) is 6.29. The first-order valence-corrected chi connectivity index (χ1v) is 9.73. The summed E-state index contributed by atoms with van der Waals surface area (Å²) < 4.78 is 6.14. The SMILES string of the molecule is CCC(O)(CC)CCCO[C@H](C)C1CC[C@H]2C(=O)CCC[C@]12C. The molecule has 3 nitrogen and oxygen atoms in total.